The molecule has 0 heterocycles. The lowest BCUT2D eigenvalue weighted by Gasteiger charge is -2.28. The maximum Gasteiger partial charge on any atom is 0.252 e. The fraction of sp³-hybridized carbons (Fsp3) is 0.471. The van der Waals surface area contributed by atoms with E-state index in [1.807, 2.05) is 32.0 Å². The fourth-order valence-electron chi connectivity index (χ4n) is 1.60. The first-order valence-electron chi connectivity index (χ1n) is 6.86. The molecular formula is C17H24N2O. The van der Waals surface area contributed by atoms with Crippen LogP contribution in [0.25, 0.3) is 0 Å². The summed E-state index contributed by atoms with van der Waals surface area (Å²) < 4.78 is 0. The number of hydrogen-bond acceptors (Lipinski definition) is 2. The van der Waals surface area contributed by atoms with E-state index in [9.17, 15) is 4.79 Å². The molecule has 3 heteroatoms. The van der Waals surface area contributed by atoms with Crippen molar-refractivity contribution in [1.29, 1.82) is 0 Å². The third kappa shape index (κ3) is 4.40. The average Bonchev–Trinajstić information content (AvgIpc) is 2.35. The van der Waals surface area contributed by atoms with Crippen molar-refractivity contribution in [3.05, 3.63) is 34.9 Å². The molecule has 0 fully saturated rings. The molecule has 0 spiro atoms. The highest BCUT2D eigenvalue weighted by atomic mass is 16.1. The first-order valence-corrected chi connectivity index (χ1v) is 6.86. The van der Waals surface area contributed by atoms with Gasteiger partial charge in [-0.05, 0) is 37.0 Å². The van der Waals surface area contributed by atoms with Crippen LogP contribution < -0.4 is 11.1 Å². The Morgan fingerprint density at radius 3 is 2.60 bits per heavy atom. The lowest BCUT2D eigenvalue weighted by atomic mass is 9.88. The highest BCUT2D eigenvalue weighted by Gasteiger charge is 2.22. The third-order valence-corrected chi connectivity index (χ3v) is 3.39. The van der Waals surface area contributed by atoms with Crippen molar-refractivity contribution in [3.8, 4) is 11.8 Å². The van der Waals surface area contributed by atoms with Crippen LogP contribution in [-0.2, 0) is 0 Å². The zero-order chi connectivity index (χ0) is 15.3. The van der Waals surface area contributed by atoms with Crippen LogP contribution in [-0.4, -0.2) is 18.5 Å². The number of amides is 1. The Morgan fingerprint density at radius 2 is 2.05 bits per heavy atom. The second-order valence-corrected chi connectivity index (χ2v) is 6.12. The van der Waals surface area contributed by atoms with Gasteiger partial charge in [0.2, 0.25) is 0 Å². The molecule has 1 rings (SSSR count). The number of hydrogen-bond donors (Lipinski definition) is 2. The maximum absolute atomic E-state index is 12.4. The Bertz CT molecular complexity index is 544. The lowest BCUT2D eigenvalue weighted by molar-refractivity contribution is 0.0910. The van der Waals surface area contributed by atoms with Gasteiger partial charge >= 0.3 is 0 Å². The van der Waals surface area contributed by atoms with Crippen molar-refractivity contribution >= 4 is 5.91 Å². The highest BCUT2D eigenvalue weighted by molar-refractivity contribution is 5.97. The van der Waals surface area contributed by atoms with E-state index in [0.29, 0.717) is 5.56 Å². The van der Waals surface area contributed by atoms with Gasteiger partial charge in [0.1, 0.15) is 0 Å². The Balaban J connectivity index is 3.04. The van der Waals surface area contributed by atoms with Gasteiger partial charge in [0, 0.05) is 11.6 Å². The van der Waals surface area contributed by atoms with Crippen LogP contribution in [0.15, 0.2) is 18.2 Å². The van der Waals surface area contributed by atoms with Gasteiger partial charge in [0.25, 0.3) is 5.91 Å². The molecule has 3 N–H and O–H groups in total. The van der Waals surface area contributed by atoms with Crippen LogP contribution in [0.2, 0.25) is 0 Å². The number of benzene rings is 1. The minimum absolute atomic E-state index is 0.0173. The molecule has 1 aromatic rings. The van der Waals surface area contributed by atoms with E-state index in [1.54, 1.807) is 0 Å². The molecule has 1 unspecified atom stereocenters. The Morgan fingerprint density at radius 1 is 1.40 bits per heavy atom. The van der Waals surface area contributed by atoms with Gasteiger partial charge in [-0.15, -0.1) is 0 Å². The summed E-state index contributed by atoms with van der Waals surface area (Å²) in [6.45, 7) is 10.6. The molecule has 1 amide bonds. The number of rotatable bonds is 2. The van der Waals surface area contributed by atoms with Gasteiger partial charge in [-0.1, -0.05) is 38.7 Å². The van der Waals surface area contributed by atoms with Crippen molar-refractivity contribution in [1.82, 2.24) is 5.32 Å². The van der Waals surface area contributed by atoms with Crippen LogP contribution in [0.1, 0.15) is 49.2 Å². The zero-order valence-electron chi connectivity index (χ0n) is 13.0. The predicted molar refractivity (Wildman–Crippen MR) is 83.5 cm³/mol. The number of nitrogens with one attached hydrogen (secondary N) is 1. The quantitative estimate of drug-likeness (QED) is 0.813. The van der Waals surface area contributed by atoms with Gasteiger partial charge in [-0.2, -0.15) is 0 Å². The highest BCUT2D eigenvalue weighted by Crippen LogP contribution is 2.19. The molecule has 1 atom stereocenters. The Hall–Kier alpha value is -1.79. The van der Waals surface area contributed by atoms with E-state index < -0.39 is 0 Å². The third-order valence-electron chi connectivity index (χ3n) is 3.39. The number of nitrogens with two attached hydrogens (primary N) is 1. The summed E-state index contributed by atoms with van der Waals surface area (Å²) in [4.78, 5) is 12.4. The second-order valence-electron chi connectivity index (χ2n) is 6.12. The first-order chi connectivity index (χ1) is 9.25. The predicted octanol–water partition coefficient (Wildman–Crippen LogP) is 2.47. The second kappa shape index (κ2) is 6.58. The Labute approximate surface area is 121 Å². The minimum Gasteiger partial charge on any atom is -0.349 e. The molecule has 0 saturated carbocycles. The monoisotopic (exact) mass is 272 g/mol. The lowest BCUT2D eigenvalue weighted by Crippen LogP contribution is -2.41. The van der Waals surface area contributed by atoms with Crippen LogP contribution in [0, 0.1) is 24.2 Å². The number of aryl methyl sites for hydroxylation is 1. The molecule has 0 aromatic heterocycles. The summed E-state index contributed by atoms with van der Waals surface area (Å²) >= 11 is 0. The summed E-state index contributed by atoms with van der Waals surface area (Å²) in [7, 11) is 0. The van der Waals surface area contributed by atoms with Crippen molar-refractivity contribution in [2.75, 3.05) is 6.54 Å². The van der Waals surface area contributed by atoms with Crippen LogP contribution in [0.4, 0.5) is 0 Å². The normalized spacial score (nSPS) is 12.3. The summed E-state index contributed by atoms with van der Waals surface area (Å²) in [6, 6.07) is 5.73. The molecule has 0 aliphatic rings. The largest absolute Gasteiger partial charge is 0.349 e. The number of carbonyl (C=O) groups is 1. The van der Waals surface area contributed by atoms with E-state index >= 15 is 0 Å². The van der Waals surface area contributed by atoms with E-state index in [2.05, 4.69) is 37.9 Å². The summed E-state index contributed by atoms with van der Waals surface area (Å²) in [5, 5.41) is 3.03. The van der Waals surface area contributed by atoms with Crippen molar-refractivity contribution in [3.63, 3.8) is 0 Å². The van der Waals surface area contributed by atoms with Gasteiger partial charge in [0.15, 0.2) is 0 Å². The molecule has 20 heavy (non-hydrogen) atoms. The van der Waals surface area contributed by atoms with E-state index in [1.165, 1.54) is 0 Å². The molecule has 0 saturated heterocycles. The zero-order valence-corrected chi connectivity index (χ0v) is 13.0. The van der Waals surface area contributed by atoms with Gasteiger partial charge in [-0.25, -0.2) is 0 Å². The van der Waals surface area contributed by atoms with Crippen molar-refractivity contribution in [2.24, 2.45) is 11.1 Å². The minimum atomic E-state index is -0.0891. The standard InChI is InChI=1S/C17H24N2O/c1-12-8-9-15(14(11-12)7-6-10-18)16(20)19-13(2)17(3,4)5/h8-9,11,13H,10,18H2,1-5H3,(H,19,20). The van der Waals surface area contributed by atoms with Crippen molar-refractivity contribution < 1.29 is 4.79 Å². The maximum atomic E-state index is 12.4. The molecular weight excluding hydrogens is 248 g/mol. The van der Waals surface area contributed by atoms with Gasteiger partial charge in [0.05, 0.1) is 12.1 Å². The molecule has 1 aromatic carbocycles. The van der Waals surface area contributed by atoms with E-state index in [4.69, 9.17) is 5.73 Å². The van der Waals surface area contributed by atoms with Crippen LogP contribution >= 0.6 is 0 Å². The molecule has 0 aliphatic heterocycles. The SMILES string of the molecule is Cc1ccc(C(=O)NC(C)C(C)(C)C)c(C#CCN)c1. The molecule has 0 radical (unpaired) electrons. The van der Waals surface area contributed by atoms with Crippen LogP contribution in [0.3, 0.4) is 0 Å². The topological polar surface area (TPSA) is 55.1 Å². The molecule has 108 valence electrons. The molecule has 0 bridgehead atoms. The summed E-state index contributed by atoms with van der Waals surface area (Å²) in [6.07, 6.45) is 0. The molecule has 3 nitrogen and oxygen atoms in total. The summed E-state index contributed by atoms with van der Waals surface area (Å²) in [5.74, 6) is 5.69. The first kappa shape index (κ1) is 16.3. The molecule has 0 aliphatic carbocycles. The van der Waals surface area contributed by atoms with E-state index in [0.717, 1.165) is 11.1 Å². The average molecular weight is 272 g/mol. The van der Waals surface area contributed by atoms with Gasteiger partial charge < -0.3 is 11.1 Å². The fourth-order valence-corrected chi connectivity index (χ4v) is 1.60. The Kier molecular flexibility index (Phi) is 5.35. The number of carbonyl (C=O) groups excluding carboxylic acids is 1. The van der Waals surface area contributed by atoms with E-state index in [-0.39, 0.29) is 23.9 Å². The van der Waals surface area contributed by atoms with Gasteiger partial charge in [-0.3, -0.25) is 4.79 Å². The summed E-state index contributed by atoms with van der Waals surface area (Å²) in [5.41, 5.74) is 7.83. The van der Waals surface area contributed by atoms with Crippen LogP contribution in [0.5, 0.6) is 0 Å². The smallest absolute Gasteiger partial charge is 0.252 e. The van der Waals surface area contributed by atoms with Crippen molar-refractivity contribution in [2.45, 2.75) is 40.7 Å².